The minimum Gasteiger partial charge on any atom is -0.354 e. The Bertz CT molecular complexity index is 570. The molecule has 1 aromatic heterocycles. The Labute approximate surface area is 151 Å². The van der Waals surface area contributed by atoms with Crippen LogP contribution in [0.1, 0.15) is 49.9 Å². The quantitative estimate of drug-likeness (QED) is 0.471. The zero-order chi connectivity index (χ0) is 18.1. The van der Waals surface area contributed by atoms with Gasteiger partial charge in [0.1, 0.15) is 0 Å². The van der Waals surface area contributed by atoms with Crippen molar-refractivity contribution >= 4 is 11.9 Å². The summed E-state index contributed by atoms with van der Waals surface area (Å²) in [6.07, 6.45) is 8.19. The predicted octanol–water partition coefficient (Wildman–Crippen LogP) is 2.29. The van der Waals surface area contributed by atoms with Crippen LogP contribution in [0.2, 0.25) is 0 Å². The Morgan fingerprint density at radius 3 is 2.88 bits per heavy atom. The first-order chi connectivity index (χ1) is 12.1. The highest BCUT2D eigenvalue weighted by Crippen LogP contribution is 2.33. The van der Waals surface area contributed by atoms with E-state index >= 15 is 0 Å². The summed E-state index contributed by atoms with van der Waals surface area (Å²) in [5.74, 6) is 0.830. The number of carbonyl (C=O) groups excluding carboxylic acids is 1. The molecule has 0 saturated carbocycles. The fraction of sp³-hybridized carbons (Fsp3) is 0.632. The van der Waals surface area contributed by atoms with Gasteiger partial charge in [0.15, 0.2) is 5.96 Å². The van der Waals surface area contributed by atoms with Crippen LogP contribution in [0.15, 0.2) is 29.5 Å². The van der Waals surface area contributed by atoms with Crippen molar-refractivity contribution in [3.63, 3.8) is 0 Å². The first-order valence-corrected chi connectivity index (χ1v) is 9.22. The summed E-state index contributed by atoms with van der Waals surface area (Å²) in [6, 6.07) is 3.52. The molecular weight excluding hydrogens is 314 g/mol. The number of amides is 1. The van der Waals surface area contributed by atoms with E-state index in [1.807, 2.05) is 7.05 Å². The lowest BCUT2D eigenvalue weighted by Gasteiger charge is -2.42. The monoisotopic (exact) mass is 345 g/mol. The molecule has 1 atom stereocenters. The predicted molar refractivity (Wildman–Crippen MR) is 102 cm³/mol. The molecule has 1 unspecified atom stereocenters. The van der Waals surface area contributed by atoms with Gasteiger partial charge in [0.2, 0.25) is 0 Å². The van der Waals surface area contributed by atoms with Crippen molar-refractivity contribution in [2.75, 3.05) is 33.2 Å². The Morgan fingerprint density at radius 1 is 1.40 bits per heavy atom. The average Bonchev–Trinajstić information content (AvgIpc) is 2.62. The highest BCUT2D eigenvalue weighted by molar-refractivity contribution is 5.93. The summed E-state index contributed by atoms with van der Waals surface area (Å²) in [5.41, 5.74) is 0.956. The van der Waals surface area contributed by atoms with Crippen molar-refractivity contribution in [2.24, 2.45) is 10.4 Å². The number of aromatic nitrogens is 1. The number of likely N-dealkylation sites (tertiary alicyclic amines) is 1. The number of carbonyl (C=O) groups is 1. The third-order valence-electron chi connectivity index (χ3n) is 4.76. The molecule has 6 heteroatoms. The molecule has 0 radical (unpaired) electrons. The molecule has 2 N–H and O–H groups in total. The fourth-order valence-corrected chi connectivity index (χ4v) is 3.59. The second kappa shape index (κ2) is 9.39. The zero-order valence-corrected chi connectivity index (χ0v) is 15.7. The van der Waals surface area contributed by atoms with E-state index in [1.165, 1.54) is 25.7 Å². The molecule has 0 spiro atoms. The van der Waals surface area contributed by atoms with E-state index < -0.39 is 0 Å². The van der Waals surface area contributed by atoms with Crippen molar-refractivity contribution in [2.45, 2.75) is 39.5 Å². The summed E-state index contributed by atoms with van der Waals surface area (Å²) in [6.45, 7) is 7.92. The van der Waals surface area contributed by atoms with Crippen LogP contribution >= 0.6 is 0 Å². The van der Waals surface area contributed by atoms with Gasteiger partial charge in [0, 0.05) is 45.6 Å². The molecule has 1 aromatic rings. The van der Waals surface area contributed by atoms with Gasteiger partial charge in [-0.2, -0.15) is 0 Å². The van der Waals surface area contributed by atoms with Gasteiger partial charge in [-0.15, -0.1) is 0 Å². The molecule has 25 heavy (non-hydrogen) atoms. The van der Waals surface area contributed by atoms with Crippen LogP contribution < -0.4 is 10.6 Å². The molecule has 0 aliphatic carbocycles. The van der Waals surface area contributed by atoms with E-state index in [1.54, 1.807) is 24.5 Å². The molecule has 0 bridgehead atoms. The van der Waals surface area contributed by atoms with Crippen LogP contribution in [0, 0.1) is 5.41 Å². The van der Waals surface area contributed by atoms with E-state index in [0.717, 1.165) is 19.0 Å². The third kappa shape index (κ3) is 5.73. The number of piperidine rings is 1. The number of hydrogen-bond acceptors (Lipinski definition) is 3. The van der Waals surface area contributed by atoms with Crippen molar-refractivity contribution < 1.29 is 4.79 Å². The fourth-order valence-electron chi connectivity index (χ4n) is 3.59. The van der Waals surface area contributed by atoms with Crippen LogP contribution in [0.25, 0.3) is 0 Å². The normalized spacial score (nSPS) is 21.1. The van der Waals surface area contributed by atoms with Crippen LogP contribution in [0.3, 0.4) is 0 Å². The smallest absolute Gasteiger partial charge is 0.252 e. The SMILES string of the molecule is CCCC1(C)CCCN(C(=NC)NCCNC(=O)c2cccnc2)C1. The van der Waals surface area contributed by atoms with Crippen molar-refractivity contribution in [3.8, 4) is 0 Å². The van der Waals surface area contributed by atoms with Gasteiger partial charge in [-0.1, -0.05) is 20.3 Å². The van der Waals surface area contributed by atoms with E-state index in [-0.39, 0.29) is 5.91 Å². The number of nitrogens with one attached hydrogen (secondary N) is 2. The maximum absolute atomic E-state index is 12.0. The number of nitrogens with zero attached hydrogens (tertiary/aromatic N) is 3. The molecule has 6 nitrogen and oxygen atoms in total. The molecule has 1 aliphatic rings. The zero-order valence-electron chi connectivity index (χ0n) is 15.7. The molecular formula is C19H31N5O. The summed E-state index contributed by atoms with van der Waals surface area (Å²) < 4.78 is 0. The van der Waals surface area contributed by atoms with Gasteiger partial charge in [-0.3, -0.25) is 14.8 Å². The first kappa shape index (κ1) is 19.2. The number of rotatable bonds is 6. The topological polar surface area (TPSA) is 69.6 Å². The summed E-state index contributed by atoms with van der Waals surface area (Å²) >= 11 is 0. The second-order valence-corrected chi connectivity index (χ2v) is 7.06. The van der Waals surface area contributed by atoms with E-state index in [0.29, 0.717) is 24.1 Å². The highest BCUT2D eigenvalue weighted by Gasteiger charge is 2.31. The van der Waals surface area contributed by atoms with Crippen LogP contribution in [0.5, 0.6) is 0 Å². The Morgan fingerprint density at radius 2 is 2.20 bits per heavy atom. The lowest BCUT2D eigenvalue weighted by molar-refractivity contribution is 0.0953. The largest absolute Gasteiger partial charge is 0.354 e. The Kier molecular flexibility index (Phi) is 7.22. The highest BCUT2D eigenvalue weighted by atomic mass is 16.1. The number of pyridine rings is 1. The summed E-state index contributed by atoms with van der Waals surface area (Å²) in [4.78, 5) is 22.7. The van der Waals surface area contributed by atoms with Crippen LogP contribution in [0.4, 0.5) is 0 Å². The lowest BCUT2D eigenvalue weighted by Crippen LogP contribution is -2.50. The van der Waals surface area contributed by atoms with Crippen molar-refractivity contribution in [1.29, 1.82) is 0 Å². The molecule has 1 fully saturated rings. The molecule has 138 valence electrons. The molecule has 0 aromatic carbocycles. The number of aliphatic imine (C=N–C) groups is 1. The lowest BCUT2D eigenvalue weighted by atomic mass is 9.78. The van der Waals surface area contributed by atoms with Gasteiger partial charge in [-0.25, -0.2) is 0 Å². The molecule has 2 rings (SSSR count). The molecule has 1 saturated heterocycles. The van der Waals surface area contributed by atoms with Crippen LogP contribution in [-0.4, -0.2) is 55.0 Å². The van der Waals surface area contributed by atoms with Crippen molar-refractivity contribution in [1.82, 2.24) is 20.5 Å². The van der Waals surface area contributed by atoms with E-state index in [4.69, 9.17) is 0 Å². The van der Waals surface area contributed by atoms with E-state index in [9.17, 15) is 4.79 Å². The van der Waals surface area contributed by atoms with Gasteiger partial charge in [-0.05, 0) is 36.8 Å². The standard InChI is InChI=1S/C19H31N5O/c1-4-8-19(2)9-6-13-24(15-19)18(20-3)23-12-11-22-17(25)16-7-5-10-21-14-16/h5,7,10,14H,4,6,8-9,11-13,15H2,1-3H3,(H,20,23)(H,22,25). The molecule has 2 heterocycles. The Hall–Kier alpha value is -2.11. The van der Waals surface area contributed by atoms with Gasteiger partial charge >= 0.3 is 0 Å². The third-order valence-corrected chi connectivity index (χ3v) is 4.76. The summed E-state index contributed by atoms with van der Waals surface area (Å²) in [5, 5.41) is 6.27. The van der Waals surface area contributed by atoms with Gasteiger partial charge in [0.25, 0.3) is 5.91 Å². The summed E-state index contributed by atoms with van der Waals surface area (Å²) in [7, 11) is 1.82. The average molecular weight is 345 g/mol. The first-order valence-electron chi connectivity index (χ1n) is 9.22. The number of guanidine groups is 1. The second-order valence-electron chi connectivity index (χ2n) is 7.06. The molecule has 1 aliphatic heterocycles. The Balaban J connectivity index is 1.78. The maximum atomic E-state index is 12.0. The van der Waals surface area contributed by atoms with Gasteiger partial charge in [0.05, 0.1) is 5.56 Å². The van der Waals surface area contributed by atoms with Crippen molar-refractivity contribution in [3.05, 3.63) is 30.1 Å². The molecule has 1 amide bonds. The van der Waals surface area contributed by atoms with Gasteiger partial charge < -0.3 is 15.5 Å². The minimum absolute atomic E-state index is 0.0987. The van der Waals surface area contributed by atoms with E-state index in [2.05, 4.69) is 39.4 Å². The minimum atomic E-state index is -0.0987. The number of hydrogen-bond donors (Lipinski definition) is 2. The van der Waals surface area contributed by atoms with Crippen LogP contribution in [-0.2, 0) is 0 Å². The maximum Gasteiger partial charge on any atom is 0.252 e.